The lowest BCUT2D eigenvalue weighted by Crippen LogP contribution is -2.23. The highest BCUT2D eigenvalue weighted by atomic mass is 16.4. The molecule has 0 atom stereocenters. The van der Waals surface area contributed by atoms with Crippen molar-refractivity contribution in [2.24, 2.45) is 5.73 Å². The molecular weight excluding hydrogens is 368 g/mol. The Labute approximate surface area is 170 Å². The van der Waals surface area contributed by atoms with Gasteiger partial charge in [0.05, 0.1) is 5.71 Å². The number of para-hydroxylation sites is 1. The number of anilines is 1. The monoisotopic (exact) mass is 394 g/mol. The van der Waals surface area contributed by atoms with Gasteiger partial charge in [-0.1, -0.05) is 54.6 Å². The number of hydrogen-bond acceptors (Lipinski definition) is 6. The molecule has 0 aliphatic heterocycles. The van der Waals surface area contributed by atoms with Gasteiger partial charge >= 0.3 is 5.97 Å². The van der Waals surface area contributed by atoms with Crippen molar-refractivity contribution in [3.63, 3.8) is 0 Å². The number of rotatable bonds is 7. The van der Waals surface area contributed by atoms with E-state index in [0.29, 0.717) is 12.1 Å². The second-order valence-electron chi connectivity index (χ2n) is 6.21. The highest BCUT2D eigenvalue weighted by molar-refractivity contribution is 6.63. The number of nitrogen functional groups attached to an aromatic ring is 1. The van der Waals surface area contributed by atoms with Gasteiger partial charge in [-0.05, 0) is 30.2 Å². The highest BCUT2D eigenvalue weighted by Crippen LogP contribution is 2.10. The Hall–Kier alpha value is -3.87. The molecular formula is C22H26N4O3. The summed E-state index contributed by atoms with van der Waals surface area (Å²) in [6, 6.07) is 16.7. The molecule has 0 aliphatic rings. The number of nitrogens with two attached hydrogens (primary N) is 2. The van der Waals surface area contributed by atoms with E-state index in [1.807, 2.05) is 48.5 Å². The molecule has 2 rings (SSSR count). The second kappa shape index (κ2) is 11.8. The molecule has 7 nitrogen and oxygen atoms in total. The van der Waals surface area contributed by atoms with E-state index in [1.165, 1.54) is 6.92 Å². The quantitative estimate of drug-likeness (QED) is 0.239. The molecule has 0 saturated heterocycles. The fourth-order valence-electron chi connectivity index (χ4n) is 2.15. The van der Waals surface area contributed by atoms with Crippen molar-refractivity contribution in [2.45, 2.75) is 19.8 Å². The van der Waals surface area contributed by atoms with Crippen molar-refractivity contribution in [3.8, 4) is 0 Å². The van der Waals surface area contributed by atoms with E-state index in [-0.39, 0.29) is 17.9 Å². The van der Waals surface area contributed by atoms with Crippen molar-refractivity contribution in [2.75, 3.05) is 5.73 Å². The van der Waals surface area contributed by atoms with Gasteiger partial charge in [0.1, 0.15) is 5.76 Å². The zero-order chi connectivity index (χ0) is 21.8. The van der Waals surface area contributed by atoms with E-state index in [1.54, 1.807) is 18.2 Å². The maximum atomic E-state index is 10.6. The molecule has 152 valence electrons. The summed E-state index contributed by atoms with van der Waals surface area (Å²) in [5.74, 6) is -1.30. The largest absolute Gasteiger partial charge is 0.511 e. The van der Waals surface area contributed by atoms with Crippen LogP contribution in [-0.2, 0) is 11.2 Å². The molecule has 0 amide bonds. The Balaban J connectivity index is 0.000000502. The number of carboxylic acids is 1. The molecule has 8 N–H and O–H groups in total. The summed E-state index contributed by atoms with van der Waals surface area (Å²) in [7, 11) is 0. The number of nitrogens with one attached hydrogen (secondary N) is 2. The lowest BCUT2D eigenvalue weighted by Gasteiger charge is -2.04. The molecule has 2 aromatic carbocycles. The van der Waals surface area contributed by atoms with E-state index in [2.05, 4.69) is 0 Å². The zero-order valence-electron chi connectivity index (χ0n) is 16.2. The zero-order valence-corrected chi connectivity index (χ0v) is 16.2. The molecule has 7 heteroatoms. The van der Waals surface area contributed by atoms with Crippen molar-refractivity contribution >= 4 is 29.2 Å². The van der Waals surface area contributed by atoms with Crippen molar-refractivity contribution in [3.05, 3.63) is 83.3 Å². The van der Waals surface area contributed by atoms with Crippen LogP contribution in [0.25, 0.3) is 6.08 Å². The fraction of sp³-hybridized carbons (Fsp3) is 0.136. The van der Waals surface area contributed by atoms with Gasteiger partial charge in [-0.3, -0.25) is 5.41 Å². The fourth-order valence-corrected chi connectivity index (χ4v) is 2.15. The molecule has 0 fully saturated rings. The first-order valence-corrected chi connectivity index (χ1v) is 8.80. The van der Waals surface area contributed by atoms with E-state index >= 15 is 0 Å². The number of aliphatic hydroxyl groups is 1. The van der Waals surface area contributed by atoms with Gasteiger partial charge in [-0.2, -0.15) is 0 Å². The third kappa shape index (κ3) is 9.05. The van der Waals surface area contributed by atoms with Gasteiger partial charge < -0.3 is 27.1 Å². The van der Waals surface area contributed by atoms with Gasteiger partial charge in [-0.15, -0.1) is 0 Å². The van der Waals surface area contributed by atoms with Crippen LogP contribution in [0.1, 0.15) is 24.5 Å². The first-order valence-electron chi connectivity index (χ1n) is 8.80. The summed E-state index contributed by atoms with van der Waals surface area (Å²) in [4.78, 5) is 10.6. The van der Waals surface area contributed by atoms with Crippen LogP contribution in [0.3, 0.4) is 0 Å². The van der Waals surface area contributed by atoms with Crippen LogP contribution in [0, 0.1) is 10.8 Å². The number of allylic oxidation sites excluding steroid dienone is 2. The lowest BCUT2D eigenvalue weighted by molar-refractivity contribution is -0.129. The molecule has 0 radical (unpaired) electrons. The number of carbonyl (C=O) groups is 1. The third-order valence-corrected chi connectivity index (χ3v) is 3.76. The highest BCUT2D eigenvalue weighted by Gasteiger charge is 2.13. The number of benzene rings is 2. The molecule has 0 aromatic heterocycles. The van der Waals surface area contributed by atoms with Crippen molar-refractivity contribution in [1.82, 2.24) is 0 Å². The topological polar surface area (TPSA) is 157 Å². The Morgan fingerprint density at radius 2 is 1.72 bits per heavy atom. The predicted octanol–water partition coefficient (Wildman–Crippen LogP) is 3.77. The molecule has 0 aliphatic carbocycles. The Morgan fingerprint density at radius 1 is 1.07 bits per heavy atom. The molecule has 29 heavy (non-hydrogen) atoms. The standard InChI is InChI=1S/C16H19N3O3.C6H7N/c1-10(20)13(17)7-3-5-11-4-2-6-12(8-11)9-14(18)15(19)16(21)22;7-6-4-2-1-3-5-6/h2-6,8,18-20H,7,9,17H2,1H3,(H,21,22);1-5H,7H2/b5-3-,13-10-,18-14?,19-15?;. The second-order valence-corrected chi connectivity index (χ2v) is 6.21. The minimum atomic E-state index is -1.40. The smallest absolute Gasteiger partial charge is 0.355 e. The Morgan fingerprint density at radius 3 is 2.24 bits per heavy atom. The minimum Gasteiger partial charge on any atom is -0.511 e. The van der Waals surface area contributed by atoms with Crippen LogP contribution in [0.4, 0.5) is 5.69 Å². The summed E-state index contributed by atoms with van der Waals surface area (Å²) in [5.41, 5.74) is 12.9. The van der Waals surface area contributed by atoms with Gasteiger partial charge in [0, 0.05) is 24.2 Å². The molecule has 0 bridgehead atoms. The third-order valence-electron chi connectivity index (χ3n) is 3.76. The van der Waals surface area contributed by atoms with Crippen molar-refractivity contribution in [1.29, 1.82) is 10.8 Å². The van der Waals surface area contributed by atoms with Crippen molar-refractivity contribution < 1.29 is 15.0 Å². The molecule has 0 spiro atoms. The summed E-state index contributed by atoms with van der Waals surface area (Å²) in [6.45, 7) is 1.52. The maximum absolute atomic E-state index is 10.6. The Bertz CT molecular complexity index is 915. The van der Waals surface area contributed by atoms with Crippen LogP contribution < -0.4 is 11.5 Å². The number of aliphatic carboxylic acids is 1. The summed E-state index contributed by atoms with van der Waals surface area (Å²) in [6.07, 6.45) is 4.14. The van der Waals surface area contributed by atoms with Crippen LogP contribution in [0.15, 0.2) is 72.1 Å². The summed E-state index contributed by atoms with van der Waals surface area (Å²) in [5, 5.41) is 32.7. The molecule has 0 heterocycles. The first-order chi connectivity index (χ1) is 13.7. The summed E-state index contributed by atoms with van der Waals surface area (Å²) < 4.78 is 0. The van der Waals surface area contributed by atoms with Crippen LogP contribution in [0.5, 0.6) is 0 Å². The number of hydrogen-bond donors (Lipinski definition) is 6. The SMILES string of the molecule is C/C(O)=C(/N)C/C=C\c1cccc(CC(=N)C(=N)C(=O)O)c1.Nc1ccccc1. The van der Waals surface area contributed by atoms with Gasteiger partial charge in [0.25, 0.3) is 0 Å². The van der Waals surface area contributed by atoms with Gasteiger partial charge in [0.2, 0.25) is 0 Å². The van der Waals surface area contributed by atoms with E-state index in [0.717, 1.165) is 16.8 Å². The van der Waals surface area contributed by atoms with E-state index in [4.69, 9.17) is 27.4 Å². The molecule has 2 aromatic rings. The average molecular weight is 394 g/mol. The van der Waals surface area contributed by atoms with Crippen LogP contribution >= 0.6 is 0 Å². The van der Waals surface area contributed by atoms with Crippen LogP contribution in [0.2, 0.25) is 0 Å². The van der Waals surface area contributed by atoms with E-state index < -0.39 is 11.7 Å². The normalized spacial score (nSPS) is 11.2. The number of aliphatic hydroxyl groups excluding tert-OH is 1. The lowest BCUT2D eigenvalue weighted by atomic mass is 10.0. The van der Waals surface area contributed by atoms with Crippen LogP contribution in [-0.4, -0.2) is 27.6 Å². The predicted molar refractivity (Wildman–Crippen MR) is 117 cm³/mol. The van der Waals surface area contributed by atoms with Gasteiger partial charge in [0.15, 0.2) is 5.71 Å². The maximum Gasteiger partial charge on any atom is 0.355 e. The minimum absolute atomic E-state index is 0.0879. The molecule has 0 unspecified atom stereocenters. The van der Waals surface area contributed by atoms with Gasteiger partial charge in [-0.25, -0.2) is 4.79 Å². The average Bonchev–Trinajstić information content (AvgIpc) is 2.68. The summed E-state index contributed by atoms with van der Waals surface area (Å²) >= 11 is 0. The Kier molecular flexibility index (Phi) is 9.40. The number of carboxylic acid groups (broad SMARTS) is 1. The van der Waals surface area contributed by atoms with E-state index in [9.17, 15) is 9.90 Å². The first kappa shape index (κ1) is 23.2. The molecule has 0 saturated carbocycles.